The van der Waals surface area contributed by atoms with Gasteiger partial charge >= 0.3 is 0 Å². The number of hydrogen-bond acceptors (Lipinski definition) is 4. The van der Waals surface area contributed by atoms with Crippen molar-refractivity contribution in [1.82, 2.24) is 14.3 Å². The average Bonchev–Trinajstić information content (AvgIpc) is 2.88. The molecule has 98 valence electrons. The molecule has 0 amide bonds. The molecule has 2 aromatic heterocycles. The molecule has 0 unspecified atom stereocenters. The maximum absolute atomic E-state index is 12.0. The molecule has 0 spiro atoms. The number of aromatic nitrogens is 2. The van der Waals surface area contributed by atoms with Gasteiger partial charge in [-0.15, -0.1) is 0 Å². The highest BCUT2D eigenvalue weighted by Gasteiger charge is 2.20. The third-order valence-corrected chi connectivity index (χ3v) is 5.63. The van der Waals surface area contributed by atoms with E-state index in [1.165, 1.54) is 0 Å². The van der Waals surface area contributed by atoms with Crippen LogP contribution in [0.5, 0.6) is 0 Å². The molecule has 0 saturated carbocycles. The van der Waals surface area contributed by atoms with Crippen molar-refractivity contribution in [2.75, 3.05) is 6.54 Å². The van der Waals surface area contributed by atoms with Crippen molar-refractivity contribution in [2.24, 2.45) is 0 Å². The van der Waals surface area contributed by atoms with Gasteiger partial charge < -0.3 is 4.57 Å². The summed E-state index contributed by atoms with van der Waals surface area (Å²) in [5.41, 5.74) is 0.429. The molecular formula is C10H12ClN3O2S2. The average molecular weight is 306 g/mol. The van der Waals surface area contributed by atoms with E-state index in [1.807, 2.05) is 29.1 Å². The second-order valence-electron chi connectivity index (χ2n) is 3.66. The predicted octanol–water partition coefficient (Wildman–Crippen LogP) is 1.88. The van der Waals surface area contributed by atoms with Crippen LogP contribution in [-0.4, -0.2) is 24.5 Å². The molecule has 18 heavy (non-hydrogen) atoms. The van der Waals surface area contributed by atoms with Gasteiger partial charge in [0.1, 0.15) is 0 Å². The molecule has 0 bridgehead atoms. The summed E-state index contributed by atoms with van der Waals surface area (Å²) in [6.45, 7) is 2.53. The summed E-state index contributed by atoms with van der Waals surface area (Å²) in [5.74, 6) is 0. The molecule has 0 aliphatic rings. The maximum Gasteiger partial charge on any atom is 0.252 e. The lowest BCUT2D eigenvalue weighted by atomic mass is 10.6. The van der Waals surface area contributed by atoms with E-state index in [-0.39, 0.29) is 8.68 Å². The second kappa shape index (κ2) is 5.40. The Hall–Kier alpha value is -0.890. The molecule has 0 saturated heterocycles. The van der Waals surface area contributed by atoms with Crippen LogP contribution in [-0.2, 0) is 16.6 Å². The summed E-state index contributed by atoms with van der Waals surface area (Å²) < 4.78 is 28.8. The van der Waals surface area contributed by atoms with Crippen LogP contribution in [0.15, 0.2) is 28.7 Å². The van der Waals surface area contributed by atoms with Gasteiger partial charge in [0.05, 0.1) is 5.69 Å². The second-order valence-corrected chi connectivity index (χ2v) is 7.20. The van der Waals surface area contributed by atoms with E-state index in [0.29, 0.717) is 18.8 Å². The van der Waals surface area contributed by atoms with Crippen molar-refractivity contribution in [2.45, 2.75) is 17.7 Å². The first kappa shape index (κ1) is 13.5. The van der Waals surface area contributed by atoms with E-state index in [1.54, 1.807) is 6.92 Å². The van der Waals surface area contributed by atoms with Crippen molar-refractivity contribution in [3.05, 3.63) is 34.7 Å². The van der Waals surface area contributed by atoms with Crippen molar-refractivity contribution in [3.63, 3.8) is 0 Å². The van der Waals surface area contributed by atoms with Gasteiger partial charge in [0.15, 0.2) is 8.68 Å². The molecule has 2 rings (SSSR count). The van der Waals surface area contributed by atoms with Crippen molar-refractivity contribution < 1.29 is 8.42 Å². The van der Waals surface area contributed by atoms with Gasteiger partial charge in [0.2, 0.25) is 0 Å². The Morgan fingerprint density at radius 1 is 1.44 bits per heavy atom. The lowest BCUT2D eigenvalue weighted by Crippen LogP contribution is -2.27. The maximum atomic E-state index is 12.0. The van der Waals surface area contributed by atoms with Gasteiger partial charge in [-0.3, -0.25) is 0 Å². The van der Waals surface area contributed by atoms with E-state index in [2.05, 4.69) is 9.71 Å². The Labute approximate surface area is 114 Å². The standard InChI is InChI=1S/C10H12ClN3O2S2/c1-8-9(17-10(11)13-8)18(15,16)12-4-7-14-5-2-3-6-14/h2-3,5-6,12H,4,7H2,1H3. The van der Waals surface area contributed by atoms with Gasteiger partial charge in [-0.1, -0.05) is 22.9 Å². The van der Waals surface area contributed by atoms with E-state index in [9.17, 15) is 8.42 Å². The molecule has 8 heteroatoms. The first-order valence-electron chi connectivity index (χ1n) is 5.22. The van der Waals surface area contributed by atoms with Crippen LogP contribution in [0.4, 0.5) is 0 Å². The summed E-state index contributed by atoms with van der Waals surface area (Å²) >= 11 is 6.66. The fraction of sp³-hybridized carbons (Fsp3) is 0.300. The van der Waals surface area contributed by atoms with Gasteiger partial charge in [-0.2, -0.15) is 0 Å². The minimum absolute atomic E-state index is 0.181. The third-order valence-electron chi connectivity index (χ3n) is 2.30. The molecule has 0 atom stereocenters. The number of halogens is 1. The third kappa shape index (κ3) is 3.11. The topological polar surface area (TPSA) is 64.0 Å². The molecule has 0 aliphatic heterocycles. The molecule has 5 nitrogen and oxygen atoms in total. The number of thiazole rings is 1. The molecule has 0 radical (unpaired) electrons. The van der Waals surface area contributed by atoms with Crippen molar-refractivity contribution in [3.8, 4) is 0 Å². The molecule has 1 N–H and O–H groups in total. The van der Waals surface area contributed by atoms with Crippen LogP contribution in [0.25, 0.3) is 0 Å². The van der Waals surface area contributed by atoms with Crippen LogP contribution in [0, 0.1) is 6.92 Å². The zero-order valence-corrected chi connectivity index (χ0v) is 12.0. The highest BCUT2D eigenvalue weighted by Crippen LogP contribution is 2.26. The van der Waals surface area contributed by atoms with Gasteiger partial charge in [0.25, 0.3) is 10.0 Å². The quantitative estimate of drug-likeness (QED) is 0.917. The Morgan fingerprint density at radius 2 is 2.11 bits per heavy atom. The molecule has 0 fully saturated rings. The Kier molecular flexibility index (Phi) is 4.06. The monoisotopic (exact) mass is 305 g/mol. The molecule has 2 heterocycles. The minimum atomic E-state index is -3.52. The van der Waals surface area contributed by atoms with Crippen LogP contribution in [0.1, 0.15) is 5.69 Å². The minimum Gasteiger partial charge on any atom is -0.353 e. The zero-order chi connectivity index (χ0) is 13.2. The summed E-state index contributed by atoms with van der Waals surface area (Å²) in [6, 6.07) is 3.78. The van der Waals surface area contributed by atoms with Gasteiger partial charge in [-0.25, -0.2) is 18.1 Å². The Morgan fingerprint density at radius 3 is 2.67 bits per heavy atom. The van der Waals surface area contributed by atoms with E-state index < -0.39 is 10.0 Å². The first-order valence-corrected chi connectivity index (χ1v) is 7.90. The van der Waals surface area contributed by atoms with E-state index in [4.69, 9.17) is 11.6 Å². The summed E-state index contributed by atoms with van der Waals surface area (Å²) in [6.07, 6.45) is 3.76. The largest absolute Gasteiger partial charge is 0.353 e. The van der Waals surface area contributed by atoms with Crippen LogP contribution >= 0.6 is 22.9 Å². The smallest absolute Gasteiger partial charge is 0.252 e. The molecule has 0 aromatic carbocycles. The van der Waals surface area contributed by atoms with Crippen LogP contribution in [0.2, 0.25) is 4.47 Å². The Balaban J connectivity index is 2.02. The van der Waals surface area contributed by atoms with Gasteiger partial charge in [-0.05, 0) is 19.1 Å². The number of aryl methyl sites for hydroxylation is 1. The number of sulfonamides is 1. The Bertz CT molecular complexity index is 620. The normalized spacial score (nSPS) is 11.9. The zero-order valence-electron chi connectivity index (χ0n) is 9.63. The SMILES string of the molecule is Cc1nc(Cl)sc1S(=O)(=O)NCCn1cccc1. The van der Waals surface area contributed by atoms with Crippen LogP contribution < -0.4 is 4.72 Å². The molecular weight excluding hydrogens is 294 g/mol. The van der Waals surface area contributed by atoms with Crippen molar-refractivity contribution in [1.29, 1.82) is 0 Å². The number of hydrogen-bond donors (Lipinski definition) is 1. The predicted molar refractivity (Wildman–Crippen MR) is 71.5 cm³/mol. The highest BCUT2D eigenvalue weighted by atomic mass is 35.5. The fourth-order valence-electron chi connectivity index (χ4n) is 1.49. The van der Waals surface area contributed by atoms with Gasteiger partial charge in [0, 0.05) is 25.5 Å². The lowest BCUT2D eigenvalue weighted by Gasteiger charge is -2.06. The fourth-order valence-corrected chi connectivity index (χ4v) is 4.30. The van der Waals surface area contributed by atoms with E-state index in [0.717, 1.165) is 11.3 Å². The van der Waals surface area contributed by atoms with E-state index >= 15 is 0 Å². The number of nitrogens with zero attached hydrogens (tertiary/aromatic N) is 2. The lowest BCUT2D eigenvalue weighted by molar-refractivity contribution is 0.574. The van der Waals surface area contributed by atoms with Crippen molar-refractivity contribution >= 4 is 33.0 Å². The molecule has 0 aliphatic carbocycles. The summed E-state index contributed by atoms with van der Waals surface area (Å²) in [5, 5.41) is 0. The summed E-state index contributed by atoms with van der Waals surface area (Å²) in [7, 11) is -3.52. The first-order chi connectivity index (χ1) is 8.49. The number of rotatable bonds is 5. The summed E-state index contributed by atoms with van der Waals surface area (Å²) in [4.78, 5) is 3.89. The number of nitrogens with one attached hydrogen (secondary N) is 1. The highest BCUT2D eigenvalue weighted by molar-refractivity contribution is 7.91. The van der Waals surface area contributed by atoms with Crippen LogP contribution in [0.3, 0.4) is 0 Å². The molecule has 2 aromatic rings.